The monoisotopic (exact) mass is 507 g/mol. The number of carbonyl (C=O) groups is 1. The second-order valence-corrected chi connectivity index (χ2v) is 10.0. The zero-order chi connectivity index (χ0) is 22.7. The molecule has 172 valence electrons. The maximum atomic E-state index is 15.3. The van der Waals surface area contributed by atoms with E-state index in [1.54, 1.807) is 6.07 Å². The molecule has 0 bridgehead atoms. The van der Waals surface area contributed by atoms with Crippen molar-refractivity contribution in [3.05, 3.63) is 67.5 Å². The summed E-state index contributed by atoms with van der Waals surface area (Å²) in [5.41, 5.74) is -0.477. The Kier molecular flexibility index (Phi) is 7.56. The third kappa shape index (κ3) is 5.73. The van der Waals surface area contributed by atoms with E-state index in [0.717, 1.165) is 38.5 Å². The molecule has 0 saturated heterocycles. The molecule has 32 heavy (non-hydrogen) atoms. The summed E-state index contributed by atoms with van der Waals surface area (Å²) in [5.74, 6) is -1.08. The second kappa shape index (κ2) is 10.4. The fourth-order valence-corrected chi connectivity index (χ4v) is 4.73. The van der Waals surface area contributed by atoms with Crippen molar-refractivity contribution in [2.24, 2.45) is 11.8 Å². The summed E-state index contributed by atoms with van der Waals surface area (Å²) in [5, 5.41) is 0. The fraction of sp³-hybridized carbons (Fsp3) is 0.520. The van der Waals surface area contributed by atoms with E-state index in [9.17, 15) is 14.0 Å². The van der Waals surface area contributed by atoms with Gasteiger partial charge in [0.05, 0.1) is 6.61 Å². The van der Waals surface area contributed by atoms with Crippen molar-refractivity contribution >= 4 is 21.7 Å². The Bertz CT molecular complexity index is 1040. The largest absolute Gasteiger partial charge is 0.373 e. The highest BCUT2D eigenvalue weighted by Gasteiger charge is 2.25. The lowest BCUT2D eigenvalue weighted by molar-refractivity contribution is 0.0737. The first-order chi connectivity index (χ1) is 15.4. The molecule has 0 spiro atoms. The highest BCUT2D eigenvalue weighted by atomic mass is 79.9. The molecule has 1 heterocycles. The fourth-order valence-electron chi connectivity index (χ4n) is 4.40. The van der Waals surface area contributed by atoms with Gasteiger partial charge in [-0.25, -0.2) is 8.78 Å². The molecule has 0 radical (unpaired) electrons. The lowest BCUT2D eigenvalue weighted by Crippen LogP contribution is -2.31. The van der Waals surface area contributed by atoms with Crippen molar-refractivity contribution in [2.75, 3.05) is 13.2 Å². The maximum absolute atomic E-state index is 15.3. The van der Waals surface area contributed by atoms with Crippen molar-refractivity contribution in [1.82, 2.24) is 4.57 Å². The van der Waals surface area contributed by atoms with Crippen LogP contribution in [0.25, 0.3) is 0 Å². The van der Waals surface area contributed by atoms with E-state index >= 15 is 4.39 Å². The third-order valence-corrected chi connectivity index (χ3v) is 6.96. The van der Waals surface area contributed by atoms with Crippen molar-refractivity contribution in [1.29, 1.82) is 0 Å². The first-order valence-corrected chi connectivity index (χ1v) is 12.2. The molecular formula is C25H28BrF2NO3. The molecule has 1 aromatic heterocycles. The van der Waals surface area contributed by atoms with Crippen LogP contribution in [0, 0.1) is 23.5 Å². The van der Waals surface area contributed by atoms with E-state index in [1.165, 1.54) is 29.3 Å². The van der Waals surface area contributed by atoms with Crippen LogP contribution >= 0.6 is 15.9 Å². The normalized spacial score (nSPS) is 17.0. The number of pyridine rings is 1. The molecule has 2 aliphatic rings. The number of benzene rings is 1. The minimum absolute atomic E-state index is 0.0591. The molecule has 1 aromatic carbocycles. The topological polar surface area (TPSA) is 48.3 Å². The Morgan fingerprint density at radius 3 is 2.53 bits per heavy atom. The average Bonchev–Trinajstić information content (AvgIpc) is 3.60. The van der Waals surface area contributed by atoms with Gasteiger partial charge in [0, 0.05) is 34.8 Å². The van der Waals surface area contributed by atoms with Gasteiger partial charge in [-0.15, -0.1) is 0 Å². The smallest absolute Gasteiger partial charge is 0.286 e. The number of rotatable bonds is 9. The van der Waals surface area contributed by atoms with Gasteiger partial charge < -0.3 is 9.30 Å². The highest BCUT2D eigenvalue weighted by molar-refractivity contribution is 9.10. The zero-order valence-corrected chi connectivity index (χ0v) is 19.6. The predicted molar refractivity (Wildman–Crippen MR) is 122 cm³/mol. The Balaban J connectivity index is 1.65. The summed E-state index contributed by atoms with van der Waals surface area (Å²) in [6.07, 6.45) is 8.86. The second-order valence-electron chi connectivity index (χ2n) is 9.09. The van der Waals surface area contributed by atoms with E-state index in [-0.39, 0.29) is 35.5 Å². The number of carbonyl (C=O) groups excluding carboxylic acids is 1. The van der Waals surface area contributed by atoms with Crippen LogP contribution in [-0.2, 0) is 17.7 Å². The van der Waals surface area contributed by atoms with Crippen LogP contribution in [0.1, 0.15) is 66.4 Å². The number of hydrogen-bond donors (Lipinski definition) is 0. The van der Waals surface area contributed by atoms with Gasteiger partial charge in [-0.2, -0.15) is 0 Å². The summed E-state index contributed by atoms with van der Waals surface area (Å²) in [4.78, 5) is 25.8. The van der Waals surface area contributed by atoms with Crippen molar-refractivity contribution < 1.29 is 18.3 Å². The molecule has 0 atom stereocenters. The molecule has 0 N–H and O–H groups in total. The number of ketones is 1. The van der Waals surface area contributed by atoms with Crippen LogP contribution in [0.4, 0.5) is 8.78 Å². The van der Waals surface area contributed by atoms with Gasteiger partial charge in [-0.1, -0.05) is 41.3 Å². The van der Waals surface area contributed by atoms with Gasteiger partial charge in [-0.05, 0) is 55.2 Å². The molecule has 4 rings (SSSR count). The lowest BCUT2D eigenvalue weighted by atomic mass is 9.89. The van der Waals surface area contributed by atoms with Gasteiger partial charge in [-0.3, -0.25) is 9.59 Å². The Morgan fingerprint density at radius 1 is 1.09 bits per heavy atom. The average molecular weight is 508 g/mol. The van der Waals surface area contributed by atoms with Crippen LogP contribution in [0.5, 0.6) is 0 Å². The van der Waals surface area contributed by atoms with Gasteiger partial charge >= 0.3 is 0 Å². The number of halogens is 3. The summed E-state index contributed by atoms with van der Waals surface area (Å²) in [6.45, 7) is 0.728. The van der Waals surface area contributed by atoms with Crippen LogP contribution in [0.3, 0.4) is 0 Å². The summed E-state index contributed by atoms with van der Waals surface area (Å²) in [6, 6.07) is 4.48. The van der Waals surface area contributed by atoms with Gasteiger partial charge in [0.25, 0.3) is 5.56 Å². The van der Waals surface area contributed by atoms with E-state index in [0.29, 0.717) is 29.5 Å². The molecule has 0 aliphatic heterocycles. The number of aromatic nitrogens is 1. The maximum Gasteiger partial charge on any atom is 0.286 e. The molecule has 2 aliphatic carbocycles. The molecule has 2 saturated carbocycles. The lowest BCUT2D eigenvalue weighted by Gasteiger charge is -2.23. The van der Waals surface area contributed by atoms with E-state index < -0.39 is 17.2 Å². The standard InChI is InChI=1S/C25H28BrF2NO3/c26-19-9-8-18(22(27)11-19)10-20-21(23(30)15-32-14-17-6-7-17)13-29(25(31)24(20)28)12-16-4-2-1-3-5-16/h8-9,11,13,16-17H,1-7,10,12,14-15H2. The SMILES string of the molecule is O=C(COCC1CC1)c1cn(CC2CCCCC2)c(=O)c(F)c1Cc1ccc(Br)cc1F. The molecule has 2 fully saturated rings. The van der Waals surface area contributed by atoms with Crippen molar-refractivity contribution in [3.63, 3.8) is 0 Å². The Morgan fingerprint density at radius 2 is 1.84 bits per heavy atom. The molecule has 7 heteroatoms. The van der Waals surface area contributed by atoms with Crippen LogP contribution < -0.4 is 5.56 Å². The van der Waals surface area contributed by atoms with Crippen molar-refractivity contribution in [2.45, 2.75) is 57.9 Å². The number of hydrogen-bond acceptors (Lipinski definition) is 3. The third-order valence-electron chi connectivity index (χ3n) is 6.47. The number of nitrogens with zero attached hydrogens (tertiary/aromatic N) is 1. The van der Waals surface area contributed by atoms with Gasteiger partial charge in [0.1, 0.15) is 12.4 Å². The molecule has 0 unspecified atom stereocenters. The minimum Gasteiger partial charge on any atom is -0.373 e. The van der Waals surface area contributed by atoms with E-state index in [2.05, 4.69) is 15.9 Å². The van der Waals surface area contributed by atoms with Gasteiger partial charge in [0.2, 0.25) is 0 Å². The van der Waals surface area contributed by atoms with Crippen LogP contribution in [0.2, 0.25) is 0 Å². The molecule has 0 amide bonds. The zero-order valence-electron chi connectivity index (χ0n) is 18.0. The number of Topliss-reactive ketones (excluding diaryl/α,β-unsaturated/α-hetero) is 1. The summed E-state index contributed by atoms with van der Waals surface area (Å²) < 4.78 is 37.2. The minimum atomic E-state index is -0.976. The van der Waals surface area contributed by atoms with Gasteiger partial charge in [0.15, 0.2) is 11.6 Å². The summed E-state index contributed by atoms with van der Waals surface area (Å²) in [7, 11) is 0. The molecule has 4 nitrogen and oxygen atoms in total. The molecular weight excluding hydrogens is 480 g/mol. The first-order valence-electron chi connectivity index (χ1n) is 11.4. The van der Waals surface area contributed by atoms with E-state index in [1.807, 2.05) is 0 Å². The van der Waals surface area contributed by atoms with Crippen molar-refractivity contribution in [3.8, 4) is 0 Å². The number of ether oxygens (including phenoxy) is 1. The van der Waals surface area contributed by atoms with Crippen LogP contribution in [-0.4, -0.2) is 23.6 Å². The Hall–Kier alpha value is -1.86. The molecule has 2 aromatic rings. The first kappa shape index (κ1) is 23.3. The van der Waals surface area contributed by atoms with E-state index in [4.69, 9.17) is 4.74 Å². The predicted octanol–water partition coefficient (Wildman–Crippen LogP) is 5.67. The Labute approximate surface area is 195 Å². The summed E-state index contributed by atoms with van der Waals surface area (Å²) >= 11 is 3.21. The quantitative estimate of drug-likeness (QED) is 0.411. The highest BCUT2D eigenvalue weighted by Crippen LogP contribution is 2.29. The van der Waals surface area contributed by atoms with Crippen LogP contribution in [0.15, 0.2) is 33.7 Å².